The van der Waals surface area contributed by atoms with Crippen molar-refractivity contribution in [3.05, 3.63) is 65.0 Å². The summed E-state index contributed by atoms with van der Waals surface area (Å²) in [6, 6.07) is 17.6. The second-order valence-electron chi connectivity index (χ2n) is 6.69. The Hall–Kier alpha value is -3.12. The van der Waals surface area contributed by atoms with Crippen LogP contribution >= 0.6 is 11.3 Å². The number of aromatic nitrogens is 1. The van der Waals surface area contributed by atoms with E-state index in [0.29, 0.717) is 10.4 Å². The third kappa shape index (κ3) is 2.86. The number of nitrogens with zero attached hydrogens (tertiary/aromatic N) is 2. The predicted octanol–water partition coefficient (Wildman–Crippen LogP) is 4.74. The second kappa shape index (κ2) is 6.80. The first-order valence-corrected chi connectivity index (χ1v) is 10.1. The molecule has 3 aromatic carbocycles. The summed E-state index contributed by atoms with van der Waals surface area (Å²) in [4.78, 5) is 18.0. The lowest BCUT2D eigenvalue weighted by Gasteiger charge is -2.04. The van der Waals surface area contributed by atoms with Gasteiger partial charge in [-0.3, -0.25) is 4.79 Å². The molecule has 0 atom stereocenters. The molecule has 5 nitrogen and oxygen atoms in total. The fraction of sp³-hybridized carbons (Fsp3) is 0.182. The maximum Gasteiger partial charge on any atom is 0.279 e. The van der Waals surface area contributed by atoms with Gasteiger partial charge in [0.25, 0.3) is 5.91 Å². The molecule has 0 radical (unpaired) electrons. The zero-order valence-electron chi connectivity index (χ0n) is 15.3. The Morgan fingerprint density at radius 1 is 1.07 bits per heavy atom. The first kappa shape index (κ1) is 17.0. The minimum absolute atomic E-state index is 0.234. The maximum atomic E-state index is 12.9. The van der Waals surface area contributed by atoms with E-state index in [1.54, 1.807) is 0 Å². The predicted molar refractivity (Wildman–Crippen MR) is 110 cm³/mol. The van der Waals surface area contributed by atoms with E-state index in [9.17, 15) is 4.79 Å². The molecule has 4 aromatic rings. The Kier molecular flexibility index (Phi) is 4.13. The third-order valence-electron chi connectivity index (χ3n) is 4.82. The van der Waals surface area contributed by atoms with Gasteiger partial charge in [0.2, 0.25) is 6.79 Å². The van der Waals surface area contributed by atoms with E-state index in [1.807, 2.05) is 54.6 Å². The van der Waals surface area contributed by atoms with Crippen LogP contribution in [0.25, 0.3) is 21.0 Å². The molecule has 1 aliphatic rings. The SMILES string of the molecule is CCCn1c(=NC(=O)c2ccc3ccccc3c2)sc2cc3c(cc21)OCO3. The Labute approximate surface area is 165 Å². The molecule has 5 rings (SSSR count). The zero-order chi connectivity index (χ0) is 19.1. The molecule has 0 N–H and O–H groups in total. The Morgan fingerprint density at radius 3 is 2.68 bits per heavy atom. The van der Waals surface area contributed by atoms with E-state index in [0.717, 1.165) is 45.5 Å². The summed E-state index contributed by atoms with van der Waals surface area (Å²) in [6.45, 7) is 3.14. The number of ether oxygens (including phenoxy) is 2. The molecule has 1 amide bonds. The van der Waals surface area contributed by atoms with Crippen LogP contribution < -0.4 is 14.3 Å². The van der Waals surface area contributed by atoms with Gasteiger partial charge in [-0.2, -0.15) is 4.99 Å². The number of carbonyl (C=O) groups is 1. The van der Waals surface area contributed by atoms with Gasteiger partial charge in [0.05, 0.1) is 10.2 Å². The van der Waals surface area contributed by atoms with Crippen LogP contribution in [0.5, 0.6) is 11.5 Å². The number of hydrogen-bond donors (Lipinski definition) is 0. The van der Waals surface area contributed by atoms with Crippen molar-refractivity contribution in [2.24, 2.45) is 4.99 Å². The number of rotatable bonds is 3. The van der Waals surface area contributed by atoms with Crippen molar-refractivity contribution in [1.82, 2.24) is 4.57 Å². The van der Waals surface area contributed by atoms with Gasteiger partial charge in [-0.05, 0) is 29.3 Å². The monoisotopic (exact) mass is 390 g/mol. The topological polar surface area (TPSA) is 52.8 Å². The van der Waals surface area contributed by atoms with E-state index in [4.69, 9.17) is 9.47 Å². The van der Waals surface area contributed by atoms with Gasteiger partial charge in [0.1, 0.15) is 0 Å². The highest BCUT2D eigenvalue weighted by Crippen LogP contribution is 2.37. The van der Waals surface area contributed by atoms with Crippen molar-refractivity contribution in [3.8, 4) is 11.5 Å². The first-order chi connectivity index (χ1) is 13.7. The maximum absolute atomic E-state index is 12.9. The zero-order valence-corrected chi connectivity index (χ0v) is 16.2. The van der Waals surface area contributed by atoms with E-state index < -0.39 is 0 Å². The summed E-state index contributed by atoms with van der Waals surface area (Å²) < 4.78 is 14.1. The fourth-order valence-electron chi connectivity index (χ4n) is 3.46. The van der Waals surface area contributed by atoms with Crippen LogP contribution in [0.2, 0.25) is 0 Å². The lowest BCUT2D eigenvalue weighted by atomic mass is 10.1. The number of aryl methyl sites for hydroxylation is 1. The summed E-state index contributed by atoms with van der Waals surface area (Å²) in [5, 5.41) is 2.14. The lowest BCUT2D eigenvalue weighted by molar-refractivity contribution is 0.0998. The average molecular weight is 390 g/mol. The van der Waals surface area contributed by atoms with Crippen molar-refractivity contribution in [2.75, 3.05) is 6.79 Å². The second-order valence-corrected chi connectivity index (χ2v) is 7.70. The van der Waals surface area contributed by atoms with Crippen LogP contribution in [0.15, 0.2) is 59.6 Å². The minimum Gasteiger partial charge on any atom is -0.454 e. The van der Waals surface area contributed by atoms with Crippen LogP contribution in [0.1, 0.15) is 23.7 Å². The van der Waals surface area contributed by atoms with Crippen LogP contribution in [0.3, 0.4) is 0 Å². The molecule has 1 aliphatic heterocycles. The van der Waals surface area contributed by atoms with Crippen molar-refractivity contribution in [1.29, 1.82) is 0 Å². The van der Waals surface area contributed by atoms with Crippen LogP contribution in [-0.4, -0.2) is 17.3 Å². The highest BCUT2D eigenvalue weighted by molar-refractivity contribution is 7.16. The molecule has 0 saturated carbocycles. The van der Waals surface area contributed by atoms with Gasteiger partial charge >= 0.3 is 0 Å². The number of benzene rings is 3. The Morgan fingerprint density at radius 2 is 1.86 bits per heavy atom. The molecule has 0 fully saturated rings. The smallest absolute Gasteiger partial charge is 0.279 e. The quantitative estimate of drug-likeness (QED) is 0.508. The fourth-order valence-corrected chi connectivity index (χ4v) is 4.52. The number of hydrogen-bond acceptors (Lipinski definition) is 4. The normalized spacial score (nSPS) is 13.5. The number of thiazole rings is 1. The summed E-state index contributed by atoms with van der Waals surface area (Å²) in [7, 11) is 0. The summed E-state index contributed by atoms with van der Waals surface area (Å²) in [5.41, 5.74) is 1.61. The molecule has 0 spiro atoms. The summed E-state index contributed by atoms with van der Waals surface area (Å²) in [6.07, 6.45) is 0.942. The summed E-state index contributed by atoms with van der Waals surface area (Å²) in [5.74, 6) is 1.24. The van der Waals surface area contributed by atoms with Gasteiger partial charge in [-0.25, -0.2) is 0 Å². The van der Waals surface area contributed by atoms with Gasteiger partial charge in [-0.1, -0.05) is 48.6 Å². The molecule has 0 bridgehead atoms. The number of fused-ring (bicyclic) bond motifs is 3. The van der Waals surface area contributed by atoms with Gasteiger partial charge in [0.15, 0.2) is 16.3 Å². The highest BCUT2D eigenvalue weighted by Gasteiger charge is 2.18. The molecule has 0 saturated heterocycles. The van der Waals surface area contributed by atoms with Crippen LogP contribution in [0, 0.1) is 0 Å². The summed E-state index contributed by atoms with van der Waals surface area (Å²) >= 11 is 1.50. The molecule has 140 valence electrons. The third-order valence-corrected chi connectivity index (χ3v) is 5.86. The number of amides is 1. The van der Waals surface area contributed by atoms with Gasteiger partial charge < -0.3 is 14.0 Å². The first-order valence-electron chi connectivity index (χ1n) is 9.24. The van der Waals surface area contributed by atoms with Crippen molar-refractivity contribution >= 4 is 38.2 Å². The van der Waals surface area contributed by atoms with Crippen molar-refractivity contribution in [3.63, 3.8) is 0 Å². The average Bonchev–Trinajstić information content (AvgIpc) is 3.30. The molecule has 0 unspecified atom stereocenters. The molecule has 28 heavy (non-hydrogen) atoms. The van der Waals surface area contributed by atoms with Gasteiger partial charge in [-0.15, -0.1) is 0 Å². The standard InChI is InChI=1S/C22H18N2O3S/c1-2-9-24-17-11-18-19(27-13-26-18)12-20(17)28-22(24)23-21(25)16-8-7-14-5-3-4-6-15(14)10-16/h3-8,10-12H,2,9,13H2,1H3. The van der Waals surface area contributed by atoms with Gasteiger partial charge in [0, 0.05) is 24.2 Å². The highest BCUT2D eigenvalue weighted by atomic mass is 32.1. The molecule has 6 heteroatoms. The Balaban J connectivity index is 1.63. The van der Waals surface area contributed by atoms with E-state index in [2.05, 4.69) is 16.5 Å². The lowest BCUT2D eigenvalue weighted by Crippen LogP contribution is -2.16. The van der Waals surface area contributed by atoms with Crippen molar-refractivity contribution < 1.29 is 14.3 Å². The molecule has 0 aliphatic carbocycles. The largest absolute Gasteiger partial charge is 0.454 e. The van der Waals surface area contributed by atoms with E-state index in [1.165, 1.54) is 11.3 Å². The number of carbonyl (C=O) groups excluding carboxylic acids is 1. The molecule has 2 heterocycles. The molecule has 1 aromatic heterocycles. The van der Waals surface area contributed by atoms with Crippen molar-refractivity contribution in [2.45, 2.75) is 19.9 Å². The Bertz CT molecular complexity index is 1290. The van der Waals surface area contributed by atoms with E-state index in [-0.39, 0.29) is 12.7 Å². The van der Waals surface area contributed by atoms with E-state index >= 15 is 0 Å². The van der Waals surface area contributed by atoms with Crippen LogP contribution in [-0.2, 0) is 6.54 Å². The minimum atomic E-state index is -0.234. The molecular formula is C22H18N2O3S. The molecular weight excluding hydrogens is 372 g/mol. The van der Waals surface area contributed by atoms with Crippen LogP contribution in [0.4, 0.5) is 0 Å².